The van der Waals surface area contributed by atoms with Gasteiger partial charge < -0.3 is 4.90 Å². The predicted octanol–water partition coefficient (Wildman–Crippen LogP) is 2.47. The Hall–Kier alpha value is -1.40. The molecule has 1 amide bonds. The Kier molecular flexibility index (Phi) is 5.47. The Morgan fingerprint density at radius 1 is 1.30 bits per heavy atom. The summed E-state index contributed by atoms with van der Waals surface area (Å²) in [6.07, 6.45) is 0.867. The Morgan fingerprint density at radius 2 is 2.00 bits per heavy atom. The van der Waals surface area contributed by atoms with E-state index in [1.807, 2.05) is 45.9 Å². The van der Waals surface area contributed by atoms with Crippen LogP contribution in [-0.2, 0) is 14.8 Å². The number of hydrogen-bond donors (Lipinski definition) is 0. The van der Waals surface area contributed by atoms with Gasteiger partial charge in [-0.05, 0) is 51.3 Å². The molecule has 0 saturated carbocycles. The van der Waals surface area contributed by atoms with Gasteiger partial charge in [0.15, 0.2) is 0 Å². The first-order valence-corrected chi connectivity index (χ1v) is 9.70. The van der Waals surface area contributed by atoms with Crippen molar-refractivity contribution in [3.63, 3.8) is 0 Å². The van der Waals surface area contributed by atoms with Crippen LogP contribution in [0.25, 0.3) is 0 Å². The molecule has 0 radical (unpaired) electrons. The van der Waals surface area contributed by atoms with Gasteiger partial charge in [0.2, 0.25) is 15.9 Å². The lowest BCUT2D eigenvalue weighted by atomic mass is 10.1. The van der Waals surface area contributed by atoms with Crippen LogP contribution in [0.1, 0.15) is 37.8 Å². The fourth-order valence-electron chi connectivity index (χ4n) is 2.96. The van der Waals surface area contributed by atoms with Crippen LogP contribution in [0.15, 0.2) is 18.2 Å². The average molecular weight is 338 g/mol. The number of nitrogens with zero attached hydrogens (tertiary/aromatic N) is 2. The predicted molar refractivity (Wildman–Crippen MR) is 93.1 cm³/mol. The third kappa shape index (κ3) is 4.12. The van der Waals surface area contributed by atoms with Crippen LogP contribution in [0, 0.1) is 13.8 Å². The molecule has 5 nitrogen and oxygen atoms in total. The number of carbonyl (C=O) groups excluding carboxylic acids is 1. The average Bonchev–Trinajstić information content (AvgIpc) is 2.79. The Balaban J connectivity index is 2.15. The van der Waals surface area contributed by atoms with Crippen molar-refractivity contribution in [1.82, 2.24) is 4.31 Å². The lowest BCUT2D eigenvalue weighted by Crippen LogP contribution is -2.40. The molecular formula is C17H26N2O3S. The molecule has 1 aromatic rings. The van der Waals surface area contributed by atoms with Gasteiger partial charge in [0.05, 0.1) is 5.75 Å². The molecule has 128 valence electrons. The second-order valence-electron chi connectivity index (χ2n) is 6.47. The minimum atomic E-state index is -3.15. The van der Waals surface area contributed by atoms with Gasteiger partial charge in [-0.3, -0.25) is 4.79 Å². The molecule has 0 spiro atoms. The van der Waals surface area contributed by atoms with Crippen molar-refractivity contribution in [2.45, 2.75) is 46.6 Å². The molecule has 1 aromatic carbocycles. The van der Waals surface area contributed by atoms with E-state index >= 15 is 0 Å². The van der Waals surface area contributed by atoms with Crippen molar-refractivity contribution >= 4 is 21.6 Å². The summed E-state index contributed by atoms with van der Waals surface area (Å²) in [7, 11) is -3.15. The van der Waals surface area contributed by atoms with Gasteiger partial charge in [-0.1, -0.05) is 12.1 Å². The summed E-state index contributed by atoms with van der Waals surface area (Å²) in [5.41, 5.74) is 3.06. The highest BCUT2D eigenvalue weighted by molar-refractivity contribution is 7.89. The van der Waals surface area contributed by atoms with E-state index in [9.17, 15) is 13.2 Å². The largest absolute Gasteiger partial charge is 0.310 e. The van der Waals surface area contributed by atoms with Crippen molar-refractivity contribution in [1.29, 1.82) is 0 Å². The van der Waals surface area contributed by atoms with E-state index in [0.717, 1.165) is 16.8 Å². The maximum Gasteiger partial charge on any atom is 0.228 e. The maximum atomic E-state index is 12.7. The van der Waals surface area contributed by atoms with Crippen molar-refractivity contribution in [3.8, 4) is 0 Å². The molecule has 1 aliphatic heterocycles. The Morgan fingerprint density at radius 3 is 2.57 bits per heavy atom. The molecule has 0 bridgehead atoms. The standard InChI is InChI=1S/C17H26N2O3S/c1-13(2)19(16-12-14(3)6-7-15(16)4)17(20)8-10-18-9-5-11-23(18,21)22/h6-7,12-13H,5,8-11H2,1-4H3. The number of carbonyl (C=O) groups is 1. The van der Waals surface area contributed by atoms with E-state index in [0.29, 0.717) is 13.0 Å². The number of benzene rings is 1. The molecular weight excluding hydrogens is 312 g/mol. The summed E-state index contributed by atoms with van der Waals surface area (Å²) in [5.74, 6) is 0.169. The van der Waals surface area contributed by atoms with Crippen LogP contribution >= 0.6 is 0 Å². The summed E-state index contributed by atoms with van der Waals surface area (Å²) in [5, 5.41) is 0. The van der Waals surface area contributed by atoms with Crippen LogP contribution < -0.4 is 4.90 Å². The van der Waals surface area contributed by atoms with Gasteiger partial charge in [-0.15, -0.1) is 0 Å². The summed E-state index contributed by atoms with van der Waals surface area (Å²) >= 11 is 0. The van der Waals surface area contributed by atoms with Gasteiger partial charge in [0, 0.05) is 31.2 Å². The molecule has 0 aliphatic carbocycles. The Bertz CT molecular complexity index is 683. The number of sulfonamides is 1. The first-order valence-electron chi connectivity index (χ1n) is 8.09. The lowest BCUT2D eigenvalue weighted by Gasteiger charge is -2.29. The van der Waals surface area contributed by atoms with E-state index in [4.69, 9.17) is 0 Å². The van der Waals surface area contributed by atoms with Crippen molar-refractivity contribution in [2.24, 2.45) is 0 Å². The molecule has 1 saturated heterocycles. The molecule has 0 atom stereocenters. The van der Waals surface area contributed by atoms with E-state index < -0.39 is 10.0 Å². The highest BCUT2D eigenvalue weighted by Gasteiger charge is 2.29. The van der Waals surface area contributed by atoms with Crippen LogP contribution in [0.3, 0.4) is 0 Å². The molecule has 0 unspecified atom stereocenters. The maximum absolute atomic E-state index is 12.7. The van der Waals surface area contributed by atoms with Crippen LogP contribution in [0.4, 0.5) is 5.69 Å². The lowest BCUT2D eigenvalue weighted by molar-refractivity contribution is -0.119. The van der Waals surface area contributed by atoms with Gasteiger partial charge in [0.1, 0.15) is 0 Å². The third-order valence-corrected chi connectivity index (χ3v) is 6.14. The van der Waals surface area contributed by atoms with Crippen molar-refractivity contribution in [3.05, 3.63) is 29.3 Å². The summed E-state index contributed by atoms with van der Waals surface area (Å²) in [6, 6.07) is 6.08. The fraction of sp³-hybridized carbons (Fsp3) is 0.588. The zero-order chi connectivity index (χ0) is 17.2. The SMILES string of the molecule is Cc1ccc(C)c(N(C(=O)CCN2CCCS2(=O)=O)C(C)C)c1. The van der Waals surface area contributed by atoms with Gasteiger partial charge in [-0.25, -0.2) is 12.7 Å². The first kappa shape index (κ1) is 17.9. The van der Waals surface area contributed by atoms with E-state index in [1.165, 1.54) is 4.31 Å². The molecule has 1 aliphatic rings. The van der Waals surface area contributed by atoms with Crippen LogP contribution in [0.2, 0.25) is 0 Å². The first-order chi connectivity index (χ1) is 10.7. The van der Waals surface area contributed by atoms with Crippen molar-refractivity contribution in [2.75, 3.05) is 23.7 Å². The zero-order valence-electron chi connectivity index (χ0n) is 14.4. The summed E-state index contributed by atoms with van der Waals surface area (Å²) in [4.78, 5) is 14.5. The number of hydrogen-bond acceptors (Lipinski definition) is 3. The third-order valence-electron chi connectivity index (χ3n) is 4.19. The highest BCUT2D eigenvalue weighted by atomic mass is 32.2. The van der Waals surface area contributed by atoms with Crippen molar-refractivity contribution < 1.29 is 13.2 Å². The molecule has 0 aromatic heterocycles. The smallest absolute Gasteiger partial charge is 0.228 e. The Labute approximate surface area is 139 Å². The van der Waals surface area contributed by atoms with Crippen LogP contribution in [-0.4, -0.2) is 43.5 Å². The highest BCUT2D eigenvalue weighted by Crippen LogP contribution is 2.25. The van der Waals surface area contributed by atoms with E-state index in [-0.39, 0.29) is 30.7 Å². The van der Waals surface area contributed by atoms with E-state index in [2.05, 4.69) is 0 Å². The molecule has 0 N–H and O–H groups in total. The number of aryl methyl sites for hydroxylation is 2. The number of amides is 1. The zero-order valence-corrected chi connectivity index (χ0v) is 15.2. The molecule has 23 heavy (non-hydrogen) atoms. The monoisotopic (exact) mass is 338 g/mol. The normalized spacial score (nSPS) is 17.6. The summed E-state index contributed by atoms with van der Waals surface area (Å²) < 4.78 is 25.1. The minimum Gasteiger partial charge on any atom is -0.310 e. The molecule has 1 fully saturated rings. The van der Waals surface area contributed by atoms with Gasteiger partial charge in [0.25, 0.3) is 0 Å². The number of rotatable bonds is 5. The van der Waals surface area contributed by atoms with Gasteiger partial charge in [-0.2, -0.15) is 0 Å². The second kappa shape index (κ2) is 7.01. The topological polar surface area (TPSA) is 57.7 Å². The van der Waals surface area contributed by atoms with Gasteiger partial charge >= 0.3 is 0 Å². The molecule has 1 heterocycles. The molecule has 2 rings (SSSR count). The second-order valence-corrected chi connectivity index (χ2v) is 8.55. The van der Waals surface area contributed by atoms with Crippen LogP contribution in [0.5, 0.6) is 0 Å². The number of anilines is 1. The molecule has 6 heteroatoms. The summed E-state index contributed by atoms with van der Waals surface area (Å²) in [6.45, 7) is 8.75. The fourth-order valence-corrected chi connectivity index (χ4v) is 4.49. The van der Waals surface area contributed by atoms with E-state index in [1.54, 1.807) is 4.90 Å². The minimum absolute atomic E-state index is 0.0261. The quantitative estimate of drug-likeness (QED) is 0.829.